The minimum absolute atomic E-state index is 0.0460. The van der Waals surface area contributed by atoms with Crippen LogP contribution in [-0.4, -0.2) is 89.0 Å². The molecule has 1 fully saturated rings. The lowest BCUT2D eigenvalue weighted by Gasteiger charge is -2.35. The van der Waals surface area contributed by atoms with Gasteiger partial charge in [0, 0.05) is 38.8 Å². The number of rotatable bonds is 9. The van der Waals surface area contributed by atoms with Crippen LogP contribution >= 0.6 is 0 Å². The molecule has 10 heteroatoms. The number of piperazine rings is 1. The van der Waals surface area contributed by atoms with E-state index >= 15 is 0 Å². The van der Waals surface area contributed by atoms with Crippen molar-refractivity contribution in [2.45, 2.75) is 11.3 Å². The number of hydrogen-bond donors (Lipinski definition) is 0. The number of methoxy groups -OCH3 is 2. The zero-order valence-electron chi connectivity index (χ0n) is 19.2. The molecule has 1 saturated heterocycles. The molecular formula is C23H30FN3O5S. The zero-order valence-corrected chi connectivity index (χ0v) is 20.0. The van der Waals surface area contributed by atoms with E-state index in [-0.39, 0.29) is 42.0 Å². The van der Waals surface area contributed by atoms with E-state index in [1.807, 2.05) is 11.9 Å². The monoisotopic (exact) mass is 479 g/mol. The van der Waals surface area contributed by atoms with Gasteiger partial charge in [0.1, 0.15) is 22.2 Å². The van der Waals surface area contributed by atoms with Crippen molar-refractivity contribution in [1.82, 2.24) is 14.1 Å². The van der Waals surface area contributed by atoms with Crippen LogP contribution in [-0.2, 0) is 21.2 Å². The molecule has 0 aromatic heterocycles. The second kappa shape index (κ2) is 11.0. The molecule has 0 bridgehead atoms. The van der Waals surface area contributed by atoms with E-state index in [1.165, 1.54) is 36.7 Å². The van der Waals surface area contributed by atoms with Crippen LogP contribution in [0.5, 0.6) is 11.5 Å². The Morgan fingerprint density at radius 2 is 1.70 bits per heavy atom. The van der Waals surface area contributed by atoms with E-state index in [0.29, 0.717) is 31.8 Å². The van der Waals surface area contributed by atoms with Crippen LogP contribution in [0.2, 0.25) is 0 Å². The molecule has 33 heavy (non-hydrogen) atoms. The van der Waals surface area contributed by atoms with Gasteiger partial charge in [-0.3, -0.25) is 9.69 Å². The first-order valence-corrected chi connectivity index (χ1v) is 12.1. The Morgan fingerprint density at radius 3 is 2.30 bits per heavy atom. The number of carbonyl (C=O) groups excluding carboxylic acids is 1. The molecule has 8 nitrogen and oxygen atoms in total. The first kappa shape index (κ1) is 24.9. The summed E-state index contributed by atoms with van der Waals surface area (Å²) < 4.78 is 51.2. The van der Waals surface area contributed by atoms with Crippen LogP contribution < -0.4 is 9.47 Å². The maximum atomic E-state index is 13.2. The third-order valence-corrected chi connectivity index (χ3v) is 7.60. The second-order valence-electron chi connectivity index (χ2n) is 7.92. The molecule has 0 unspecified atom stereocenters. The number of carbonyl (C=O) groups is 1. The fourth-order valence-electron chi connectivity index (χ4n) is 3.68. The fraction of sp³-hybridized carbons (Fsp3) is 0.435. The molecule has 0 radical (unpaired) electrons. The molecule has 2 aromatic rings. The van der Waals surface area contributed by atoms with Gasteiger partial charge in [-0.15, -0.1) is 0 Å². The standard InChI is InChI=1S/C23H30FN3O5S/c1-25(11-10-18-4-6-19(24)7-5-18)17-23(28)26-12-14-27(15-13-26)33(29,30)22-16-20(31-2)8-9-21(22)32-3/h4-9,16H,10-15,17H2,1-3H3. The van der Waals surface area contributed by atoms with Gasteiger partial charge in [0.25, 0.3) is 0 Å². The number of ether oxygens (including phenoxy) is 2. The number of nitrogens with zero attached hydrogens (tertiary/aromatic N) is 3. The second-order valence-corrected chi connectivity index (χ2v) is 9.82. The van der Waals surface area contributed by atoms with Crippen LogP contribution in [0.4, 0.5) is 4.39 Å². The van der Waals surface area contributed by atoms with Crippen LogP contribution in [0, 0.1) is 5.82 Å². The summed E-state index contributed by atoms with van der Waals surface area (Å²) in [4.78, 5) is 16.3. The maximum Gasteiger partial charge on any atom is 0.247 e. The minimum atomic E-state index is -3.80. The molecule has 0 atom stereocenters. The quantitative estimate of drug-likeness (QED) is 0.546. The molecular weight excluding hydrogens is 449 g/mol. The molecule has 0 spiro atoms. The molecule has 3 rings (SSSR count). The molecule has 2 aromatic carbocycles. The lowest BCUT2D eigenvalue weighted by atomic mass is 10.1. The van der Waals surface area contributed by atoms with Gasteiger partial charge in [0.15, 0.2) is 0 Å². The van der Waals surface area contributed by atoms with Crippen LogP contribution in [0.3, 0.4) is 0 Å². The lowest BCUT2D eigenvalue weighted by molar-refractivity contribution is -0.133. The van der Waals surface area contributed by atoms with Gasteiger partial charge in [0.2, 0.25) is 15.9 Å². The van der Waals surface area contributed by atoms with Crippen molar-refractivity contribution in [3.63, 3.8) is 0 Å². The predicted octanol–water partition coefficient (Wildman–Crippen LogP) is 1.85. The summed E-state index contributed by atoms with van der Waals surface area (Å²) in [5, 5.41) is 0. The average molecular weight is 480 g/mol. The van der Waals surface area contributed by atoms with Gasteiger partial charge in [-0.1, -0.05) is 12.1 Å². The maximum absolute atomic E-state index is 13.2. The first-order chi connectivity index (χ1) is 15.7. The van der Waals surface area contributed by atoms with Crippen molar-refractivity contribution >= 4 is 15.9 Å². The Labute approximate surface area is 194 Å². The van der Waals surface area contributed by atoms with Gasteiger partial charge >= 0.3 is 0 Å². The van der Waals surface area contributed by atoms with E-state index < -0.39 is 10.0 Å². The fourth-order valence-corrected chi connectivity index (χ4v) is 5.28. The van der Waals surface area contributed by atoms with Crippen molar-refractivity contribution in [3.05, 3.63) is 53.8 Å². The molecule has 0 aliphatic carbocycles. The van der Waals surface area contributed by atoms with Gasteiger partial charge in [-0.2, -0.15) is 4.31 Å². The van der Waals surface area contributed by atoms with Gasteiger partial charge < -0.3 is 14.4 Å². The topological polar surface area (TPSA) is 79.4 Å². The van der Waals surface area contributed by atoms with Gasteiger partial charge in [0.05, 0.1) is 20.8 Å². The van der Waals surface area contributed by atoms with Crippen LogP contribution in [0.1, 0.15) is 5.56 Å². The molecule has 1 heterocycles. The minimum Gasteiger partial charge on any atom is -0.497 e. The highest BCUT2D eigenvalue weighted by Crippen LogP contribution is 2.31. The molecule has 180 valence electrons. The van der Waals surface area contributed by atoms with Crippen LogP contribution in [0.25, 0.3) is 0 Å². The van der Waals surface area contributed by atoms with Crippen molar-refractivity contribution in [2.24, 2.45) is 0 Å². The largest absolute Gasteiger partial charge is 0.497 e. The number of hydrogen-bond acceptors (Lipinski definition) is 6. The molecule has 1 aliphatic heterocycles. The highest BCUT2D eigenvalue weighted by molar-refractivity contribution is 7.89. The summed E-state index contributed by atoms with van der Waals surface area (Å²) in [6, 6.07) is 11.0. The highest BCUT2D eigenvalue weighted by Gasteiger charge is 2.32. The summed E-state index contributed by atoms with van der Waals surface area (Å²) in [5.74, 6) is 0.352. The predicted molar refractivity (Wildman–Crippen MR) is 122 cm³/mol. The number of halogens is 1. The van der Waals surface area contributed by atoms with E-state index in [0.717, 1.165) is 5.56 Å². The summed E-state index contributed by atoms with van der Waals surface area (Å²) in [6.07, 6.45) is 0.707. The summed E-state index contributed by atoms with van der Waals surface area (Å²) in [6.45, 7) is 1.92. The Balaban J connectivity index is 1.54. The third-order valence-electron chi connectivity index (χ3n) is 5.68. The molecule has 1 aliphatic rings. The summed E-state index contributed by atoms with van der Waals surface area (Å²) >= 11 is 0. The molecule has 1 amide bonds. The van der Waals surface area contributed by atoms with E-state index in [2.05, 4.69) is 0 Å². The van der Waals surface area contributed by atoms with Gasteiger partial charge in [-0.25, -0.2) is 12.8 Å². The first-order valence-electron chi connectivity index (χ1n) is 10.7. The Morgan fingerprint density at radius 1 is 1.03 bits per heavy atom. The lowest BCUT2D eigenvalue weighted by Crippen LogP contribution is -2.52. The van der Waals surface area contributed by atoms with E-state index in [1.54, 1.807) is 29.2 Å². The van der Waals surface area contributed by atoms with Gasteiger partial charge in [-0.05, 0) is 43.3 Å². The molecule has 0 N–H and O–H groups in total. The Kier molecular flexibility index (Phi) is 8.28. The smallest absolute Gasteiger partial charge is 0.247 e. The summed E-state index contributed by atoms with van der Waals surface area (Å²) in [5.41, 5.74) is 1.00. The third kappa shape index (κ3) is 6.21. The Hall–Kier alpha value is -2.69. The zero-order chi connectivity index (χ0) is 24.0. The average Bonchev–Trinajstić information content (AvgIpc) is 2.83. The van der Waals surface area contributed by atoms with Crippen LogP contribution in [0.15, 0.2) is 47.4 Å². The SMILES string of the molecule is COc1ccc(OC)c(S(=O)(=O)N2CCN(C(=O)CN(C)CCc3ccc(F)cc3)CC2)c1. The highest BCUT2D eigenvalue weighted by atomic mass is 32.2. The van der Waals surface area contributed by atoms with Crippen molar-refractivity contribution in [2.75, 3.05) is 60.5 Å². The number of sulfonamides is 1. The number of benzene rings is 2. The van der Waals surface area contributed by atoms with Crippen molar-refractivity contribution < 1.29 is 27.1 Å². The van der Waals surface area contributed by atoms with Crippen molar-refractivity contribution in [3.8, 4) is 11.5 Å². The molecule has 0 saturated carbocycles. The van der Waals surface area contributed by atoms with E-state index in [9.17, 15) is 17.6 Å². The number of likely N-dealkylation sites (N-methyl/N-ethyl adjacent to an activating group) is 1. The van der Waals surface area contributed by atoms with Crippen molar-refractivity contribution in [1.29, 1.82) is 0 Å². The normalized spacial score (nSPS) is 15.0. The van der Waals surface area contributed by atoms with E-state index in [4.69, 9.17) is 9.47 Å². The number of amides is 1. The Bertz CT molecular complexity index is 1050. The summed E-state index contributed by atoms with van der Waals surface area (Å²) in [7, 11) is 0.952.